The minimum atomic E-state index is -3.60. The van der Waals surface area contributed by atoms with E-state index in [2.05, 4.69) is 0 Å². The minimum Gasteiger partial charge on any atom is -0.336 e. The number of nitro benzene ring substituents is 1. The van der Waals surface area contributed by atoms with Crippen molar-refractivity contribution in [3.05, 3.63) is 80.7 Å². The molecular formula is C20H21N3O5S. The maximum Gasteiger partial charge on any atom is 0.273 e. The number of hydrogen-bond donors (Lipinski definition) is 0. The molecule has 1 amide bonds. The van der Waals surface area contributed by atoms with Crippen LogP contribution in [0.4, 0.5) is 5.69 Å². The number of benzene rings is 2. The average molecular weight is 415 g/mol. The molecule has 0 spiro atoms. The number of nitrogens with zero attached hydrogens (tertiary/aromatic N) is 3. The lowest BCUT2D eigenvalue weighted by atomic mass is 10.1. The van der Waals surface area contributed by atoms with Gasteiger partial charge in [0.15, 0.2) is 0 Å². The van der Waals surface area contributed by atoms with E-state index in [0.717, 1.165) is 5.56 Å². The summed E-state index contributed by atoms with van der Waals surface area (Å²) in [6, 6.07) is 13.5. The van der Waals surface area contributed by atoms with Gasteiger partial charge in [-0.3, -0.25) is 14.9 Å². The fourth-order valence-electron chi connectivity index (χ4n) is 3.18. The normalized spacial score (nSPS) is 15.6. The Labute approximate surface area is 169 Å². The van der Waals surface area contributed by atoms with Crippen molar-refractivity contribution in [2.75, 3.05) is 26.2 Å². The van der Waals surface area contributed by atoms with Crippen LogP contribution >= 0.6 is 0 Å². The molecule has 2 aromatic rings. The Balaban J connectivity index is 1.67. The Morgan fingerprint density at radius 3 is 2.31 bits per heavy atom. The lowest BCUT2D eigenvalue weighted by molar-refractivity contribution is -0.385. The zero-order valence-electron chi connectivity index (χ0n) is 15.9. The minimum absolute atomic E-state index is 0.108. The second-order valence-corrected chi connectivity index (χ2v) is 8.47. The molecule has 0 N–H and O–H groups in total. The number of carbonyl (C=O) groups excluding carboxylic acids is 1. The van der Waals surface area contributed by atoms with Crippen LogP contribution in [0.3, 0.4) is 0 Å². The SMILES string of the molecule is Cc1c(C(=O)N2CCN(S(=O)(=O)/C=C/c3ccccc3)CC2)cccc1[N+](=O)[O-]. The van der Waals surface area contributed by atoms with Gasteiger partial charge in [0, 0.05) is 48.8 Å². The summed E-state index contributed by atoms with van der Waals surface area (Å²) in [6.07, 6.45) is 1.54. The molecule has 1 heterocycles. The molecule has 3 rings (SSSR count). The molecule has 0 saturated carbocycles. The molecular weight excluding hydrogens is 394 g/mol. The van der Waals surface area contributed by atoms with Gasteiger partial charge in [-0.1, -0.05) is 36.4 Å². The van der Waals surface area contributed by atoms with Gasteiger partial charge in [-0.2, -0.15) is 4.31 Å². The Kier molecular flexibility index (Phi) is 6.09. The van der Waals surface area contributed by atoms with Gasteiger partial charge in [0.05, 0.1) is 4.92 Å². The summed E-state index contributed by atoms with van der Waals surface area (Å²) in [4.78, 5) is 24.9. The van der Waals surface area contributed by atoms with Gasteiger partial charge in [-0.15, -0.1) is 0 Å². The molecule has 2 aromatic carbocycles. The number of piperazine rings is 1. The fraction of sp³-hybridized carbons (Fsp3) is 0.250. The zero-order chi connectivity index (χ0) is 21.0. The third-order valence-electron chi connectivity index (χ3n) is 4.85. The standard InChI is InChI=1S/C20H21N3O5S/c1-16-18(8-5-9-19(16)23(25)26)20(24)21-11-13-22(14-12-21)29(27,28)15-10-17-6-3-2-4-7-17/h2-10,15H,11-14H2,1H3/b15-10+. The number of nitro groups is 1. The van der Waals surface area contributed by atoms with Crippen LogP contribution in [0.2, 0.25) is 0 Å². The Hall–Kier alpha value is -3.04. The van der Waals surface area contributed by atoms with E-state index in [1.807, 2.05) is 30.3 Å². The van der Waals surface area contributed by atoms with E-state index in [0.29, 0.717) is 5.56 Å². The van der Waals surface area contributed by atoms with E-state index in [4.69, 9.17) is 0 Å². The van der Waals surface area contributed by atoms with Gasteiger partial charge in [0.1, 0.15) is 0 Å². The summed E-state index contributed by atoms with van der Waals surface area (Å²) in [7, 11) is -3.60. The first-order chi connectivity index (χ1) is 13.8. The fourth-order valence-corrected chi connectivity index (χ4v) is 4.36. The molecule has 1 saturated heterocycles. The summed E-state index contributed by atoms with van der Waals surface area (Å²) in [5, 5.41) is 12.3. The van der Waals surface area contributed by atoms with Gasteiger partial charge in [-0.25, -0.2) is 8.42 Å². The topological polar surface area (TPSA) is 101 Å². The van der Waals surface area contributed by atoms with Gasteiger partial charge in [0.25, 0.3) is 11.6 Å². The van der Waals surface area contributed by atoms with Crippen LogP contribution in [-0.4, -0.2) is 54.6 Å². The highest BCUT2D eigenvalue weighted by Crippen LogP contribution is 2.23. The second-order valence-electron chi connectivity index (χ2n) is 6.66. The lowest BCUT2D eigenvalue weighted by Crippen LogP contribution is -2.50. The van der Waals surface area contributed by atoms with Crippen molar-refractivity contribution in [3.63, 3.8) is 0 Å². The van der Waals surface area contributed by atoms with Crippen molar-refractivity contribution in [2.24, 2.45) is 0 Å². The van der Waals surface area contributed by atoms with Crippen LogP contribution in [0, 0.1) is 17.0 Å². The molecule has 0 aliphatic carbocycles. The third-order valence-corrected chi connectivity index (χ3v) is 6.42. The quantitative estimate of drug-likeness (QED) is 0.552. The molecule has 0 unspecified atom stereocenters. The second kappa shape index (κ2) is 8.54. The van der Waals surface area contributed by atoms with Crippen LogP contribution < -0.4 is 0 Å². The average Bonchev–Trinajstić information content (AvgIpc) is 2.73. The van der Waals surface area contributed by atoms with Gasteiger partial charge in [-0.05, 0) is 24.6 Å². The van der Waals surface area contributed by atoms with Crippen molar-refractivity contribution in [1.29, 1.82) is 0 Å². The van der Waals surface area contributed by atoms with Crippen LogP contribution in [-0.2, 0) is 10.0 Å². The molecule has 0 bridgehead atoms. The van der Waals surface area contributed by atoms with Crippen LogP contribution in [0.25, 0.3) is 6.08 Å². The van der Waals surface area contributed by atoms with Crippen LogP contribution in [0.5, 0.6) is 0 Å². The highest BCUT2D eigenvalue weighted by Gasteiger charge is 2.29. The van der Waals surface area contributed by atoms with E-state index < -0.39 is 14.9 Å². The van der Waals surface area contributed by atoms with E-state index in [9.17, 15) is 23.3 Å². The lowest BCUT2D eigenvalue weighted by Gasteiger charge is -2.33. The molecule has 29 heavy (non-hydrogen) atoms. The molecule has 0 aromatic heterocycles. The molecule has 1 aliphatic rings. The Morgan fingerprint density at radius 2 is 1.69 bits per heavy atom. The molecule has 152 valence electrons. The van der Waals surface area contributed by atoms with Gasteiger partial charge >= 0.3 is 0 Å². The molecule has 0 atom stereocenters. The molecule has 1 fully saturated rings. The summed E-state index contributed by atoms with van der Waals surface area (Å²) < 4.78 is 26.4. The van der Waals surface area contributed by atoms with Gasteiger partial charge in [0.2, 0.25) is 10.0 Å². The number of carbonyl (C=O) groups is 1. The Morgan fingerprint density at radius 1 is 1.03 bits per heavy atom. The molecule has 1 aliphatic heterocycles. The molecule has 9 heteroatoms. The van der Waals surface area contributed by atoms with E-state index >= 15 is 0 Å². The van der Waals surface area contributed by atoms with Crippen molar-refractivity contribution >= 4 is 27.7 Å². The summed E-state index contributed by atoms with van der Waals surface area (Å²) in [5.74, 6) is -0.330. The van der Waals surface area contributed by atoms with E-state index in [-0.39, 0.29) is 43.3 Å². The number of hydrogen-bond acceptors (Lipinski definition) is 5. The van der Waals surface area contributed by atoms with Crippen molar-refractivity contribution < 1.29 is 18.1 Å². The van der Waals surface area contributed by atoms with Crippen LogP contribution in [0.1, 0.15) is 21.5 Å². The smallest absolute Gasteiger partial charge is 0.273 e. The number of sulfonamides is 1. The monoisotopic (exact) mass is 415 g/mol. The number of amides is 1. The predicted octanol–water partition coefficient (Wildman–Crippen LogP) is 2.66. The first kappa shape index (κ1) is 20.7. The summed E-state index contributed by atoms with van der Waals surface area (Å²) >= 11 is 0. The summed E-state index contributed by atoms with van der Waals surface area (Å²) in [5.41, 5.74) is 1.25. The largest absolute Gasteiger partial charge is 0.336 e. The molecule has 8 nitrogen and oxygen atoms in total. The highest BCUT2D eigenvalue weighted by atomic mass is 32.2. The van der Waals surface area contributed by atoms with Crippen LogP contribution in [0.15, 0.2) is 53.9 Å². The van der Waals surface area contributed by atoms with Crippen molar-refractivity contribution in [2.45, 2.75) is 6.92 Å². The first-order valence-corrected chi connectivity index (χ1v) is 10.6. The maximum atomic E-state index is 12.8. The maximum absolute atomic E-state index is 12.8. The number of rotatable bonds is 5. The predicted molar refractivity (Wildman–Crippen MR) is 110 cm³/mol. The van der Waals surface area contributed by atoms with E-state index in [1.54, 1.807) is 19.1 Å². The molecule has 0 radical (unpaired) electrons. The van der Waals surface area contributed by atoms with E-state index in [1.165, 1.54) is 26.7 Å². The third kappa shape index (κ3) is 4.69. The van der Waals surface area contributed by atoms with Crippen molar-refractivity contribution in [1.82, 2.24) is 9.21 Å². The van der Waals surface area contributed by atoms with Crippen molar-refractivity contribution in [3.8, 4) is 0 Å². The first-order valence-electron chi connectivity index (χ1n) is 9.06. The Bertz CT molecular complexity index is 1040. The zero-order valence-corrected chi connectivity index (χ0v) is 16.7. The highest BCUT2D eigenvalue weighted by molar-refractivity contribution is 7.92. The summed E-state index contributed by atoms with van der Waals surface area (Å²) in [6.45, 7) is 2.32. The van der Waals surface area contributed by atoms with Gasteiger partial charge < -0.3 is 4.90 Å².